The van der Waals surface area contributed by atoms with E-state index in [0.29, 0.717) is 5.75 Å². The van der Waals surface area contributed by atoms with E-state index in [9.17, 15) is 8.42 Å². The molecule has 0 unspecified atom stereocenters. The van der Waals surface area contributed by atoms with E-state index in [4.69, 9.17) is 0 Å². The molecule has 0 aliphatic heterocycles. The summed E-state index contributed by atoms with van der Waals surface area (Å²) in [6.45, 7) is 0. The van der Waals surface area contributed by atoms with Gasteiger partial charge >= 0.3 is 51.4 Å². The molecule has 1 aromatic rings. The average Bonchev–Trinajstić information content (AvgIpc) is 1.93. The summed E-state index contributed by atoms with van der Waals surface area (Å²) in [7, 11) is -2.48. The second kappa shape index (κ2) is 6.74. The first-order valence-corrected chi connectivity index (χ1v) is 4.79. The van der Waals surface area contributed by atoms with E-state index in [2.05, 4.69) is 26.8 Å². The van der Waals surface area contributed by atoms with Gasteiger partial charge < -0.3 is 12.6 Å². The molecule has 0 heterocycles. The molecule has 0 aromatic heterocycles. The topological polar surface area (TPSA) is 43.4 Å². The summed E-state index contributed by atoms with van der Waals surface area (Å²) >= 11 is 2.12. The van der Waals surface area contributed by atoms with Crippen LogP contribution in [-0.2, 0) is 19.4 Å². The number of benzene rings is 1. The summed E-state index contributed by atoms with van der Waals surface area (Å²) in [4.78, 5) is 0. The SMILES string of the molecule is O=[S-](=O)Oc1ccc(I)cc1.[K+]. The maximum absolute atomic E-state index is 10.0. The Hall–Kier alpha value is 1.34. The fourth-order valence-corrected chi connectivity index (χ4v) is 1.20. The standard InChI is InChI=1S/C6H4IO3S.K/c7-5-1-3-6(4-2-5)10-11(8)9;/h1-4H;/q-1;+1. The number of halogens is 1. The first-order valence-electron chi connectivity index (χ1n) is 2.71. The van der Waals surface area contributed by atoms with E-state index in [1.165, 1.54) is 0 Å². The monoisotopic (exact) mass is 322 g/mol. The summed E-state index contributed by atoms with van der Waals surface area (Å²) in [5, 5.41) is 0. The molecule has 0 aliphatic carbocycles. The van der Waals surface area contributed by atoms with Gasteiger partial charge in [-0.2, -0.15) is 0 Å². The Bertz CT molecular complexity index is 301. The van der Waals surface area contributed by atoms with Crippen LogP contribution >= 0.6 is 22.6 Å². The van der Waals surface area contributed by atoms with Crippen molar-refractivity contribution in [2.75, 3.05) is 0 Å². The molecule has 0 aliphatic rings. The van der Waals surface area contributed by atoms with E-state index in [0.717, 1.165) is 3.57 Å². The van der Waals surface area contributed by atoms with Crippen LogP contribution in [-0.4, -0.2) is 0 Å². The predicted molar refractivity (Wildman–Crippen MR) is 48.5 cm³/mol. The summed E-state index contributed by atoms with van der Waals surface area (Å²) in [6.07, 6.45) is 0. The van der Waals surface area contributed by atoms with Crippen LogP contribution in [0.15, 0.2) is 24.3 Å². The Labute approximate surface area is 129 Å². The van der Waals surface area contributed by atoms with Crippen molar-refractivity contribution < 1.29 is 64.0 Å². The largest absolute Gasteiger partial charge is 1.00 e. The maximum atomic E-state index is 10.0. The van der Waals surface area contributed by atoms with Gasteiger partial charge in [0.05, 0.1) is 0 Å². The molecule has 0 radical (unpaired) electrons. The fraction of sp³-hybridized carbons (Fsp3) is 0. The molecule has 1 aromatic carbocycles. The molecule has 0 saturated heterocycles. The average molecular weight is 322 g/mol. The molecular formula is C6H4IKO3S. The van der Waals surface area contributed by atoms with Gasteiger partial charge in [-0.3, -0.25) is 0 Å². The summed E-state index contributed by atoms with van der Waals surface area (Å²) in [5.74, 6) is 0.332. The van der Waals surface area contributed by atoms with Crippen LogP contribution in [0.3, 0.4) is 0 Å². The Balaban J connectivity index is 0.00000121. The molecule has 0 bridgehead atoms. The van der Waals surface area contributed by atoms with E-state index in [-0.39, 0.29) is 51.4 Å². The van der Waals surface area contributed by atoms with Crippen molar-refractivity contribution in [3.8, 4) is 5.75 Å². The quantitative estimate of drug-likeness (QED) is 0.394. The summed E-state index contributed by atoms with van der Waals surface area (Å²) in [5.41, 5.74) is 0. The van der Waals surface area contributed by atoms with Crippen LogP contribution < -0.4 is 55.6 Å². The van der Waals surface area contributed by atoms with Crippen LogP contribution in [0.5, 0.6) is 5.75 Å². The van der Waals surface area contributed by atoms with Crippen LogP contribution in [0.2, 0.25) is 0 Å². The second-order valence-corrected chi connectivity index (χ2v) is 3.56. The molecule has 0 amide bonds. The van der Waals surface area contributed by atoms with Crippen molar-refractivity contribution in [1.29, 1.82) is 0 Å². The van der Waals surface area contributed by atoms with E-state index >= 15 is 0 Å². The van der Waals surface area contributed by atoms with Gasteiger partial charge in [-0.05, 0) is 46.9 Å². The van der Waals surface area contributed by atoms with Gasteiger partial charge in [0.1, 0.15) is 16.7 Å². The predicted octanol–water partition coefficient (Wildman–Crippen LogP) is -1.10. The molecule has 0 spiro atoms. The Kier molecular flexibility index (Phi) is 7.49. The number of rotatable bonds is 2. The van der Waals surface area contributed by atoms with E-state index < -0.39 is 11.0 Å². The third-order valence-corrected chi connectivity index (χ3v) is 2.03. The molecule has 60 valence electrons. The van der Waals surface area contributed by atoms with E-state index in [1.54, 1.807) is 24.3 Å². The normalized spacial score (nSPS) is 9.17. The van der Waals surface area contributed by atoms with Gasteiger partial charge in [0, 0.05) is 3.57 Å². The zero-order valence-corrected chi connectivity index (χ0v) is 12.4. The molecule has 6 heteroatoms. The maximum Gasteiger partial charge on any atom is 1.00 e. The minimum atomic E-state index is -2.48. The van der Waals surface area contributed by atoms with Crippen LogP contribution in [0.4, 0.5) is 0 Å². The van der Waals surface area contributed by atoms with Gasteiger partial charge in [0.25, 0.3) is 0 Å². The van der Waals surface area contributed by atoms with Crippen molar-refractivity contribution >= 4 is 33.6 Å². The number of hydrogen-bond acceptors (Lipinski definition) is 4. The fourth-order valence-electron chi connectivity index (χ4n) is 0.569. The zero-order valence-electron chi connectivity index (χ0n) is 6.32. The molecule has 0 fully saturated rings. The first kappa shape index (κ1) is 13.3. The molecule has 0 atom stereocenters. The van der Waals surface area contributed by atoms with Crippen LogP contribution in [0.25, 0.3) is 0 Å². The zero-order chi connectivity index (χ0) is 8.27. The molecule has 3 nitrogen and oxygen atoms in total. The number of hydrogen-bond donors (Lipinski definition) is 0. The van der Waals surface area contributed by atoms with Crippen LogP contribution in [0.1, 0.15) is 0 Å². The van der Waals surface area contributed by atoms with Crippen molar-refractivity contribution in [2.24, 2.45) is 0 Å². The summed E-state index contributed by atoms with van der Waals surface area (Å²) < 4.78 is 25.5. The first-order chi connectivity index (χ1) is 5.18. The van der Waals surface area contributed by atoms with E-state index in [1.807, 2.05) is 0 Å². The van der Waals surface area contributed by atoms with Crippen molar-refractivity contribution in [2.45, 2.75) is 0 Å². The van der Waals surface area contributed by atoms with Gasteiger partial charge in [0.2, 0.25) is 0 Å². The smallest absolute Gasteiger partial charge is 0.533 e. The Morgan fingerprint density at radius 2 is 1.67 bits per heavy atom. The molecular weight excluding hydrogens is 318 g/mol. The van der Waals surface area contributed by atoms with Gasteiger partial charge in [-0.1, -0.05) is 0 Å². The second-order valence-electron chi connectivity index (χ2n) is 1.74. The van der Waals surface area contributed by atoms with Gasteiger partial charge in [-0.25, -0.2) is 0 Å². The summed E-state index contributed by atoms with van der Waals surface area (Å²) in [6, 6.07) is 6.72. The van der Waals surface area contributed by atoms with Crippen molar-refractivity contribution in [3.63, 3.8) is 0 Å². The minimum Gasteiger partial charge on any atom is -0.533 e. The Morgan fingerprint density at radius 1 is 1.17 bits per heavy atom. The molecule has 1 rings (SSSR count). The third-order valence-electron chi connectivity index (χ3n) is 0.978. The van der Waals surface area contributed by atoms with Gasteiger partial charge in [-0.15, -0.1) is 0 Å². The van der Waals surface area contributed by atoms with Gasteiger partial charge in [0.15, 0.2) is 0 Å². The molecule has 12 heavy (non-hydrogen) atoms. The minimum absolute atomic E-state index is 0. The van der Waals surface area contributed by atoms with Crippen molar-refractivity contribution in [3.05, 3.63) is 27.8 Å². The van der Waals surface area contributed by atoms with Crippen LogP contribution in [0, 0.1) is 3.57 Å². The third kappa shape index (κ3) is 5.15. The molecule has 0 saturated carbocycles. The Morgan fingerprint density at radius 3 is 2.08 bits per heavy atom. The van der Waals surface area contributed by atoms with Crippen molar-refractivity contribution in [1.82, 2.24) is 0 Å². The molecule has 0 N–H and O–H groups in total.